The largest absolute Gasteiger partial charge is 0.478 e. The van der Waals surface area contributed by atoms with Crippen molar-refractivity contribution in [3.63, 3.8) is 0 Å². The van der Waals surface area contributed by atoms with E-state index in [4.69, 9.17) is 9.15 Å². The van der Waals surface area contributed by atoms with E-state index in [0.29, 0.717) is 17.7 Å². The van der Waals surface area contributed by atoms with Crippen LogP contribution in [0.15, 0.2) is 52.9 Å². The van der Waals surface area contributed by atoms with E-state index in [1.807, 2.05) is 42.5 Å². The van der Waals surface area contributed by atoms with Gasteiger partial charge in [0.05, 0.1) is 0 Å². The van der Waals surface area contributed by atoms with Crippen LogP contribution in [0, 0.1) is 5.92 Å². The standard InChI is InChI=1S/C23H26N2O4/c1-23(2,21(26)27)29-18-7-5-6-16(14-18)12-13-25(15-17-10-11-17)22-24-19-8-3-4-9-20(19)28-22/h3-9,14,17H,10-13,15H2,1-2H3,(H,26,27). The minimum absolute atomic E-state index is 0.561. The summed E-state index contributed by atoms with van der Waals surface area (Å²) in [6.07, 6.45) is 3.30. The van der Waals surface area contributed by atoms with Gasteiger partial charge in [-0.2, -0.15) is 4.98 Å². The molecule has 0 bridgehead atoms. The van der Waals surface area contributed by atoms with Crippen LogP contribution in [0.3, 0.4) is 0 Å². The van der Waals surface area contributed by atoms with Gasteiger partial charge >= 0.3 is 5.97 Å². The molecule has 152 valence electrons. The molecule has 1 aromatic heterocycles. The van der Waals surface area contributed by atoms with E-state index in [1.54, 1.807) is 19.9 Å². The molecule has 1 aliphatic rings. The number of oxazole rings is 1. The molecular weight excluding hydrogens is 368 g/mol. The van der Waals surface area contributed by atoms with E-state index < -0.39 is 11.6 Å². The predicted molar refractivity (Wildman–Crippen MR) is 111 cm³/mol. The fourth-order valence-corrected chi connectivity index (χ4v) is 3.24. The molecule has 3 aromatic rings. The molecule has 0 amide bonds. The highest BCUT2D eigenvalue weighted by atomic mass is 16.5. The number of rotatable bonds is 9. The zero-order chi connectivity index (χ0) is 20.4. The van der Waals surface area contributed by atoms with Crippen LogP contribution < -0.4 is 9.64 Å². The van der Waals surface area contributed by atoms with Crippen molar-refractivity contribution in [2.75, 3.05) is 18.0 Å². The number of hydrogen-bond acceptors (Lipinski definition) is 5. The fourth-order valence-electron chi connectivity index (χ4n) is 3.24. The van der Waals surface area contributed by atoms with Crippen LogP contribution >= 0.6 is 0 Å². The number of aromatic nitrogens is 1. The number of nitrogens with zero attached hydrogens (tertiary/aromatic N) is 2. The average Bonchev–Trinajstić information content (AvgIpc) is 3.40. The number of carbonyl (C=O) groups is 1. The van der Waals surface area contributed by atoms with Gasteiger partial charge in [0.2, 0.25) is 0 Å². The molecule has 0 aliphatic heterocycles. The monoisotopic (exact) mass is 394 g/mol. The average molecular weight is 394 g/mol. The van der Waals surface area contributed by atoms with Crippen LogP contribution in [-0.2, 0) is 11.2 Å². The molecule has 2 aromatic carbocycles. The molecular formula is C23H26N2O4. The van der Waals surface area contributed by atoms with Crippen molar-refractivity contribution in [1.82, 2.24) is 4.98 Å². The van der Waals surface area contributed by atoms with Crippen LogP contribution in [0.5, 0.6) is 5.75 Å². The summed E-state index contributed by atoms with van der Waals surface area (Å²) >= 11 is 0. The van der Waals surface area contributed by atoms with Gasteiger partial charge in [-0.15, -0.1) is 0 Å². The molecule has 1 aliphatic carbocycles. The molecule has 0 saturated heterocycles. The highest BCUT2D eigenvalue weighted by molar-refractivity contribution is 5.76. The Bertz CT molecular complexity index is 974. The normalized spacial score (nSPS) is 14.1. The summed E-state index contributed by atoms with van der Waals surface area (Å²) in [4.78, 5) is 18.2. The lowest BCUT2D eigenvalue weighted by Gasteiger charge is -2.22. The molecule has 6 heteroatoms. The Kier molecular flexibility index (Phi) is 5.18. The second-order valence-corrected chi connectivity index (χ2v) is 8.17. The van der Waals surface area contributed by atoms with Crippen LogP contribution in [0.25, 0.3) is 11.1 Å². The zero-order valence-corrected chi connectivity index (χ0v) is 16.8. The van der Waals surface area contributed by atoms with Gasteiger partial charge in [0, 0.05) is 13.1 Å². The summed E-state index contributed by atoms with van der Waals surface area (Å²) in [7, 11) is 0. The number of fused-ring (bicyclic) bond motifs is 1. The van der Waals surface area contributed by atoms with Gasteiger partial charge in [-0.3, -0.25) is 0 Å². The number of benzene rings is 2. The third kappa shape index (κ3) is 4.70. The Morgan fingerprint density at radius 3 is 2.76 bits per heavy atom. The third-order valence-electron chi connectivity index (χ3n) is 5.19. The van der Waals surface area contributed by atoms with Gasteiger partial charge in [-0.1, -0.05) is 24.3 Å². The lowest BCUT2D eigenvalue weighted by molar-refractivity contribution is -0.152. The molecule has 6 nitrogen and oxygen atoms in total. The summed E-state index contributed by atoms with van der Waals surface area (Å²) < 4.78 is 11.7. The van der Waals surface area contributed by atoms with Crippen LogP contribution in [0.2, 0.25) is 0 Å². The first-order valence-electron chi connectivity index (χ1n) is 10.0. The first-order chi connectivity index (χ1) is 13.9. The van der Waals surface area contributed by atoms with E-state index in [1.165, 1.54) is 12.8 Å². The van der Waals surface area contributed by atoms with Gasteiger partial charge in [-0.25, -0.2) is 4.79 Å². The smallest absolute Gasteiger partial charge is 0.347 e. The highest BCUT2D eigenvalue weighted by Gasteiger charge is 2.29. The van der Waals surface area contributed by atoms with E-state index in [0.717, 1.165) is 36.2 Å². The summed E-state index contributed by atoms with van der Waals surface area (Å²) in [5, 5.41) is 9.27. The van der Waals surface area contributed by atoms with Crippen molar-refractivity contribution in [2.24, 2.45) is 5.92 Å². The summed E-state index contributed by atoms with van der Waals surface area (Å²) in [6, 6.07) is 16.1. The van der Waals surface area contributed by atoms with Crippen LogP contribution in [0.4, 0.5) is 6.01 Å². The summed E-state index contributed by atoms with van der Waals surface area (Å²) in [5.74, 6) is 0.274. The molecule has 0 spiro atoms. The molecule has 1 fully saturated rings. The first kappa shape index (κ1) is 19.3. The Morgan fingerprint density at radius 2 is 2.03 bits per heavy atom. The molecule has 4 rings (SSSR count). The quantitative estimate of drug-likeness (QED) is 0.575. The minimum Gasteiger partial charge on any atom is -0.478 e. The molecule has 1 N–H and O–H groups in total. The second-order valence-electron chi connectivity index (χ2n) is 8.17. The molecule has 1 heterocycles. The Hall–Kier alpha value is -3.02. The Morgan fingerprint density at radius 1 is 1.24 bits per heavy atom. The molecule has 0 atom stereocenters. The summed E-state index contributed by atoms with van der Waals surface area (Å²) in [6.45, 7) is 4.81. The number of ether oxygens (including phenoxy) is 1. The van der Waals surface area contributed by atoms with Crippen molar-refractivity contribution in [1.29, 1.82) is 0 Å². The second kappa shape index (κ2) is 7.78. The maximum Gasteiger partial charge on any atom is 0.347 e. The number of anilines is 1. The van der Waals surface area contributed by atoms with E-state index in [-0.39, 0.29) is 0 Å². The molecule has 0 radical (unpaired) electrons. The Labute approximate surface area is 170 Å². The zero-order valence-electron chi connectivity index (χ0n) is 16.8. The summed E-state index contributed by atoms with van der Waals surface area (Å²) in [5.41, 5.74) is 1.49. The van der Waals surface area contributed by atoms with Crippen LogP contribution in [-0.4, -0.2) is 34.8 Å². The van der Waals surface area contributed by atoms with Crippen molar-refractivity contribution >= 4 is 23.1 Å². The van der Waals surface area contributed by atoms with Gasteiger partial charge < -0.3 is 19.2 Å². The fraction of sp³-hybridized carbons (Fsp3) is 0.391. The SMILES string of the molecule is CC(C)(Oc1cccc(CCN(CC2CC2)c2nc3ccccc3o2)c1)C(=O)O. The van der Waals surface area contributed by atoms with E-state index in [2.05, 4.69) is 9.88 Å². The number of carboxylic acid groups (broad SMARTS) is 1. The number of carboxylic acids is 1. The lowest BCUT2D eigenvalue weighted by Crippen LogP contribution is -2.37. The predicted octanol–water partition coefficient (Wildman–Crippen LogP) is 4.53. The lowest BCUT2D eigenvalue weighted by atomic mass is 10.1. The van der Waals surface area contributed by atoms with Gasteiger partial charge in [0.15, 0.2) is 11.2 Å². The van der Waals surface area contributed by atoms with E-state index >= 15 is 0 Å². The van der Waals surface area contributed by atoms with Crippen LogP contribution in [0.1, 0.15) is 32.3 Å². The highest BCUT2D eigenvalue weighted by Crippen LogP contribution is 2.32. The number of para-hydroxylation sites is 2. The van der Waals surface area contributed by atoms with Gasteiger partial charge in [0.1, 0.15) is 11.3 Å². The minimum atomic E-state index is -1.27. The van der Waals surface area contributed by atoms with Crippen molar-refractivity contribution in [2.45, 2.75) is 38.7 Å². The number of aliphatic carboxylic acids is 1. The maximum absolute atomic E-state index is 11.3. The molecule has 0 unspecified atom stereocenters. The third-order valence-corrected chi connectivity index (χ3v) is 5.19. The van der Waals surface area contributed by atoms with E-state index in [9.17, 15) is 9.90 Å². The Balaban J connectivity index is 1.47. The van der Waals surface area contributed by atoms with Gasteiger partial charge in [0.25, 0.3) is 6.01 Å². The topological polar surface area (TPSA) is 75.8 Å². The van der Waals surface area contributed by atoms with Crippen molar-refractivity contribution in [3.8, 4) is 5.75 Å². The first-order valence-corrected chi connectivity index (χ1v) is 10.0. The molecule has 29 heavy (non-hydrogen) atoms. The van der Waals surface area contributed by atoms with Crippen molar-refractivity contribution in [3.05, 3.63) is 54.1 Å². The number of hydrogen-bond donors (Lipinski definition) is 1. The maximum atomic E-state index is 11.3. The van der Waals surface area contributed by atoms with Crippen molar-refractivity contribution < 1.29 is 19.1 Å². The molecule has 1 saturated carbocycles. The van der Waals surface area contributed by atoms with Gasteiger partial charge in [-0.05, 0) is 68.9 Å².